The standard InChI is InChI=1S/C26H34Cl2N2O2/c1-2-3-4-5-6-7-8-9-10-11-13-20-16-18-21(19-17-20)30(26(29)32)25(31)24-22(27)14-12-15-23(24)28/h12,14-19H,2-11,13H2,1H3,(H2,29,32). The molecule has 0 aliphatic heterocycles. The molecule has 2 N–H and O–H groups in total. The molecule has 4 nitrogen and oxygen atoms in total. The van der Waals surface area contributed by atoms with Crippen LogP contribution in [0.25, 0.3) is 0 Å². The monoisotopic (exact) mass is 476 g/mol. The average Bonchev–Trinajstić information content (AvgIpc) is 2.76. The van der Waals surface area contributed by atoms with Gasteiger partial charge in [-0.15, -0.1) is 0 Å². The van der Waals surface area contributed by atoms with Gasteiger partial charge in [-0.25, -0.2) is 9.69 Å². The second-order valence-electron chi connectivity index (χ2n) is 8.17. The fourth-order valence-corrected chi connectivity index (χ4v) is 4.35. The average molecular weight is 477 g/mol. The fraction of sp³-hybridized carbons (Fsp3) is 0.462. The molecule has 0 bridgehead atoms. The van der Waals surface area contributed by atoms with Crippen molar-refractivity contribution in [2.24, 2.45) is 5.73 Å². The number of benzene rings is 2. The maximum atomic E-state index is 12.9. The van der Waals surface area contributed by atoms with Crippen LogP contribution in [0, 0.1) is 0 Å². The molecule has 2 aromatic rings. The first kappa shape index (κ1) is 26.2. The molecular formula is C26H34Cl2N2O2. The third-order valence-electron chi connectivity index (χ3n) is 5.61. The molecule has 0 spiro atoms. The summed E-state index contributed by atoms with van der Waals surface area (Å²) in [7, 11) is 0. The number of unbranched alkanes of at least 4 members (excludes halogenated alkanes) is 9. The number of imide groups is 1. The summed E-state index contributed by atoms with van der Waals surface area (Å²) in [5.41, 5.74) is 7.12. The molecule has 0 saturated heterocycles. The number of amides is 3. The van der Waals surface area contributed by atoms with Crippen molar-refractivity contribution in [3.05, 3.63) is 63.6 Å². The lowest BCUT2D eigenvalue weighted by Gasteiger charge is -2.20. The van der Waals surface area contributed by atoms with Crippen LogP contribution < -0.4 is 10.6 Å². The first-order valence-corrected chi connectivity index (χ1v) is 12.4. The number of aryl methyl sites for hydroxylation is 1. The molecule has 0 aromatic heterocycles. The summed E-state index contributed by atoms with van der Waals surface area (Å²) in [4.78, 5) is 25.9. The van der Waals surface area contributed by atoms with Crippen LogP contribution in [0.15, 0.2) is 42.5 Å². The van der Waals surface area contributed by atoms with E-state index in [0.717, 1.165) is 17.7 Å². The van der Waals surface area contributed by atoms with E-state index < -0.39 is 11.9 Å². The highest BCUT2D eigenvalue weighted by molar-refractivity contribution is 6.41. The van der Waals surface area contributed by atoms with E-state index in [1.807, 2.05) is 12.1 Å². The molecule has 0 unspecified atom stereocenters. The molecule has 0 fully saturated rings. The number of carbonyl (C=O) groups excluding carboxylic acids is 2. The molecule has 174 valence electrons. The number of rotatable bonds is 13. The van der Waals surface area contributed by atoms with E-state index in [9.17, 15) is 9.59 Å². The minimum absolute atomic E-state index is 0.0593. The Kier molecular flexibility index (Phi) is 11.6. The maximum Gasteiger partial charge on any atom is 0.326 e. The Bertz CT molecular complexity index is 848. The van der Waals surface area contributed by atoms with Gasteiger partial charge in [0.25, 0.3) is 5.91 Å². The molecule has 2 rings (SSSR count). The van der Waals surface area contributed by atoms with Crippen molar-refractivity contribution >= 4 is 40.8 Å². The zero-order chi connectivity index (χ0) is 23.3. The Morgan fingerprint density at radius 1 is 0.781 bits per heavy atom. The van der Waals surface area contributed by atoms with Crippen molar-refractivity contribution in [2.75, 3.05) is 4.90 Å². The summed E-state index contributed by atoms with van der Waals surface area (Å²) in [6.07, 6.45) is 14.0. The SMILES string of the molecule is CCCCCCCCCCCCc1ccc(N(C(N)=O)C(=O)c2c(Cl)cccc2Cl)cc1. The van der Waals surface area contributed by atoms with Gasteiger partial charge in [-0.3, -0.25) is 4.79 Å². The number of halogens is 2. The van der Waals surface area contributed by atoms with Crippen LogP contribution in [-0.4, -0.2) is 11.9 Å². The molecule has 6 heteroatoms. The molecule has 3 amide bonds. The number of hydrogen-bond donors (Lipinski definition) is 1. The lowest BCUT2D eigenvalue weighted by Crippen LogP contribution is -2.41. The maximum absolute atomic E-state index is 12.9. The van der Waals surface area contributed by atoms with E-state index in [1.54, 1.807) is 30.3 Å². The predicted octanol–water partition coefficient (Wildman–Crippen LogP) is 8.18. The summed E-state index contributed by atoms with van der Waals surface area (Å²) < 4.78 is 0. The zero-order valence-corrected chi connectivity index (χ0v) is 20.4. The van der Waals surface area contributed by atoms with Crippen molar-refractivity contribution in [2.45, 2.75) is 77.6 Å². The highest BCUT2D eigenvalue weighted by atomic mass is 35.5. The third-order valence-corrected chi connectivity index (χ3v) is 6.24. The first-order valence-electron chi connectivity index (χ1n) is 11.6. The number of carbonyl (C=O) groups is 2. The smallest absolute Gasteiger partial charge is 0.326 e. The lowest BCUT2D eigenvalue weighted by molar-refractivity contribution is 0.0995. The quantitative estimate of drug-likeness (QED) is 0.296. The summed E-state index contributed by atoms with van der Waals surface area (Å²) >= 11 is 12.3. The van der Waals surface area contributed by atoms with Crippen LogP contribution in [0.4, 0.5) is 10.5 Å². The normalized spacial score (nSPS) is 10.8. The lowest BCUT2D eigenvalue weighted by atomic mass is 10.0. The van der Waals surface area contributed by atoms with Crippen LogP contribution in [0.2, 0.25) is 10.0 Å². The highest BCUT2D eigenvalue weighted by Gasteiger charge is 2.26. The van der Waals surface area contributed by atoms with Gasteiger partial charge in [0.1, 0.15) is 0 Å². The fourth-order valence-electron chi connectivity index (χ4n) is 3.79. The van der Waals surface area contributed by atoms with Gasteiger partial charge < -0.3 is 5.73 Å². The van der Waals surface area contributed by atoms with Crippen LogP contribution in [0.1, 0.15) is 87.1 Å². The number of anilines is 1. The van der Waals surface area contributed by atoms with E-state index in [4.69, 9.17) is 28.9 Å². The van der Waals surface area contributed by atoms with Gasteiger partial charge in [-0.1, -0.05) is 106 Å². The van der Waals surface area contributed by atoms with Gasteiger partial charge in [-0.2, -0.15) is 0 Å². The van der Waals surface area contributed by atoms with E-state index >= 15 is 0 Å². The van der Waals surface area contributed by atoms with Gasteiger partial charge >= 0.3 is 6.03 Å². The minimum Gasteiger partial charge on any atom is -0.351 e. The second-order valence-corrected chi connectivity index (χ2v) is 8.99. The van der Waals surface area contributed by atoms with Crippen molar-refractivity contribution in [1.82, 2.24) is 0 Å². The van der Waals surface area contributed by atoms with Crippen molar-refractivity contribution in [3.8, 4) is 0 Å². The Balaban J connectivity index is 1.85. The highest BCUT2D eigenvalue weighted by Crippen LogP contribution is 2.28. The van der Waals surface area contributed by atoms with Gasteiger partial charge in [-0.05, 0) is 42.7 Å². The van der Waals surface area contributed by atoms with Gasteiger partial charge in [0, 0.05) is 0 Å². The number of primary amides is 1. The van der Waals surface area contributed by atoms with E-state index in [-0.39, 0.29) is 15.6 Å². The van der Waals surface area contributed by atoms with Gasteiger partial charge in [0.05, 0.1) is 21.3 Å². The second kappa shape index (κ2) is 14.2. The van der Waals surface area contributed by atoms with Gasteiger partial charge in [0.15, 0.2) is 0 Å². The largest absolute Gasteiger partial charge is 0.351 e. The summed E-state index contributed by atoms with van der Waals surface area (Å²) in [5, 5.41) is 0.345. The van der Waals surface area contributed by atoms with E-state index in [2.05, 4.69) is 6.92 Å². The van der Waals surface area contributed by atoms with Gasteiger partial charge in [0.2, 0.25) is 0 Å². The summed E-state index contributed by atoms with van der Waals surface area (Å²) in [6, 6.07) is 11.2. The topological polar surface area (TPSA) is 63.4 Å². The zero-order valence-electron chi connectivity index (χ0n) is 18.9. The Hall–Kier alpha value is -2.04. The van der Waals surface area contributed by atoms with Crippen LogP contribution in [0.3, 0.4) is 0 Å². The molecule has 32 heavy (non-hydrogen) atoms. The molecule has 0 saturated carbocycles. The number of nitrogens with zero attached hydrogens (tertiary/aromatic N) is 1. The number of hydrogen-bond acceptors (Lipinski definition) is 2. The number of nitrogens with two attached hydrogens (primary N) is 1. The van der Waals surface area contributed by atoms with Crippen molar-refractivity contribution in [1.29, 1.82) is 0 Å². The number of urea groups is 1. The molecule has 0 aliphatic carbocycles. The van der Waals surface area contributed by atoms with Crippen LogP contribution in [0.5, 0.6) is 0 Å². The molecule has 0 radical (unpaired) electrons. The third kappa shape index (κ3) is 8.14. The predicted molar refractivity (Wildman–Crippen MR) is 135 cm³/mol. The Labute approximate surface area is 202 Å². The minimum atomic E-state index is -0.881. The Morgan fingerprint density at radius 3 is 1.78 bits per heavy atom. The van der Waals surface area contributed by atoms with E-state index in [0.29, 0.717) is 5.69 Å². The molecule has 0 heterocycles. The first-order chi connectivity index (χ1) is 15.5. The van der Waals surface area contributed by atoms with Crippen LogP contribution >= 0.6 is 23.2 Å². The molecule has 0 aliphatic rings. The summed E-state index contributed by atoms with van der Waals surface area (Å²) in [6.45, 7) is 2.25. The molecular weight excluding hydrogens is 443 g/mol. The summed E-state index contributed by atoms with van der Waals surface area (Å²) in [5.74, 6) is -0.643. The van der Waals surface area contributed by atoms with Crippen molar-refractivity contribution < 1.29 is 9.59 Å². The van der Waals surface area contributed by atoms with Crippen LogP contribution in [-0.2, 0) is 6.42 Å². The molecule has 2 aromatic carbocycles. The van der Waals surface area contributed by atoms with Crippen molar-refractivity contribution in [3.63, 3.8) is 0 Å². The Morgan fingerprint density at radius 2 is 1.28 bits per heavy atom. The molecule has 0 atom stereocenters. The van der Waals surface area contributed by atoms with E-state index in [1.165, 1.54) is 63.4 Å².